The summed E-state index contributed by atoms with van der Waals surface area (Å²) in [6, 6.07) is 7.93. The molecule has 0 bridgehead atoms. The molecular formula is C16H11F3N2O3. The fraction of sp³-hybridized carbons (Fsp3) is 0.125. The molecule has 0 spiro atoms. The Kier molecular flexibility index (Phi) is 3.88. The quantitative estimate of drug-likeness (QED) is 0.764. The highest BCUT2D eigenvalue weighted by molar-refractivity contribution is 6.06. The molecule has 8 heteroatoms. The third kappa shape index (κ3) is 3.03. The molecule has 1 aromatic carbocycles. The molecule has 0 aliphatic heterocycles. The second-order valence-corrected chi connectivity index (χ2v) is 4.94. The Morgan fingerprint density at radius 2 is 1.92 bits per heavy atom. The van der Waals surface area contributed by atoms with Gasteiger partial charge in [0.1, 0.15) is 5.76 Å². The molecule has 0 aliphatic rings. The van der Waals surface area contributed by atoms with Crippen LogP contribution in [0, 0.1) is 6.92 Å². The van der Waals surface area contributed by atoms with E-state index in [9.17, 15) is 18.0 Å². The zero-order valence-electron chi connectivity index (χ0n) is 12.3. The van der Waals surface area contributed by atoms with Crippen molar-refractivity contribution in [2.24, 2.45) is 0 Å². The van der Waals surface area contributed by atoms with E-state index in [1.54, 1.807) is 19.1 Å². The predicted octanol–water partition coefficient (Wildman–Crippen LogP) is 4.51. The minimum atomic E-state index is -4.59. The Bertz CT molecular complexity index is 881. The molecule has 2 aromatic heterocycles. The van der Waals surface area contributed by atoms with Gasteiger partial charge in [-0.3, -0.25) is 4.79 Å². The zero-order chi connectivity index (χ0) is 17.3. The fourth-order valence-corrected chi connectivity index (χ4v) is 2.16. The summed E-state index contributed by atoms with van der Waals surface area (Å²) in [6.07, 6.45) is -3.56. The van der Waals surface area contributed by atoms with Gasteiger partial charge in [0, 0.05) is 0 Å². The number of oxazole rings is 1. The van der Waals surface area contributed by atoms with E-state index >= 15 is 0 Å². The third-order valence-corrected chi connectivity index (χ3v) is 3.23. The van der Waals surface area contributed by atoms with E-state index in [-0.39, 0.29) is 22.9 Å². The first kappa shape index (κ1) is 15.9. The summed E-state index contributed by atoms with van der Waals surface area (Å²) in [5, 5.41) is 2.21. The van der Waals surface area contributed by atoms with Crippen molar-refractivity contribution >= 4 is 11.6 Å². The lowest BCUT2D eigenvalue weighted by molar-refractivity contribution is -0.136. The maximum absolute atomic E-state index is 13.0. The van der Waals surface area contributed by atoms with Gasteiger partial charge >= 0.3 is 6.18 Å². The lowest BCUT2D eigenvalue weighted by atomic mass is 10.1. The van der Waals surface area contributed by atoms with E-state index in [0.717, 1.165) is 18.5 Å². The average molecular weight is 336 g/mol. The van der Waals surface area contributed by atoms with Crippen LogP contribution in [-0.2, 0) is 6.18 Å². The third-order valence-electron chi connectivity index (χ3n) is 3.23. The van der Waals surface area contributed by atoms with Crippen LogP contribution in [0.25, 0.3) is 11.5 Å². The topological polar surface area (TPSA) is 68.3 Å². The van der Waals surface area contributed by atoms with Crippen molar-refractivity contribution in [3.05, 3.63) is 59.8 Å². The number of nitrogens with one attached hydrogen (secondary N) is 1. The first-order chi connectivity index (χ1) is 11.4. The van der Waals surface area contributed by atoms with E-state index in [2.05, 4.69) is 10.3 Å². The van der Waals surface area contributed by atoms with E-state index in [1.807, 2.05) is 0 Å². The van der Waals surface area contributed by atoms with Crippen LogP contribution in [0.3, 0.4) is 0 Å². The smallest absolute Gasteiger partial charge is 0.418 e. The molecule has 5 nitrogen and oxygen atoms in total. The summed E-state index contributed by atoms with van der Waals surface area (Å²) in [6.45, 7) is 1.71. The molecule has 0 fully saturated rings. The number of para-hydroxylation sites is 1. The summed E-state index contributed by atoms with van der Waals surface area (Å²) >= 11 is 0. The number of carbonyl (C=O) groups is 1. The molecule has 0 radical (unpaired) electrons. The molecule has 3 aromatic rings. The van der Waals surface area contributed by atoms with Crippen molar-refractivity contribution in [1.82, 2.24) is 4.98 Å². The lowest BCUT2D eigenvalue weighted by Gasteiger charge is -2.12. The number of benzene rings is 1. The normalized spacial score (nSPS) is 11.5. The first-order valence-corrected chi connectivity index (χ1v) is 6.84. The highest BCUT2D eigenvalue weighted by Crippen LogP contribution is 2.35. The summed E-state index contributed by atoms with van der Waals surface area (Å²) in [5.74, 6) is 0.0732. The maximum atomic E-state index is 13.0. The highest BCUT2D eigenvalue weighted by Gasteiger charge is 2.34. The SMILES string of the molecule is Cc1ccc(-c2ocnc2C(=O)Nc2ccccc2C(F)(F)F)o1. The largest absolute Gasteiger partial charge is 0.458 e. The number of aromatic nitrogens is 1. The van der Waals surface area contributed by atoms with Crippen molar-refractivity contribution in [3.63, 3.8) is 0 Å². The number of nitrogens with zero attached hydrogens (tertiary/aromatic N) is 1. The summed E-state index contributed by atoms with van der Waals surface area (Å²) < 4.78 is 49.4. The number of carbonyl (C=O) groups excluding carboxylic acids is 1. The van der Waals surface area contributed by atoms with Gasteiger partial charge in [-0.2, -0.15) is 13.2 Å². The number of furan rings is 1. The molecule has 0 saturated heterocycles. The van der Waals surface area contributed by atoms with Gasteiger partial charge in [0.15, 0.2) is 17.8 Å². The van der Waals surface area contributed by atoms with E-state index in [1.165, 1.54) is 12.1 Å². The standard InChI is InChI=1S/C16H11F3N2O3/c1-9-6-7-12(24-9)14-13(20-8-23-14)15(22)21-11-5-3-2-4-10(11)16(17,18)19/h2-8H,1H3,(H,21,22). The number of halogens is 3. The van der Waals surface area contributed by atoms with Gasteiger partial charge in [-0.15, -0.1) is 0 Å². The lowest BCUT2D eigenvalue weighted by Crippen LogP contribution is -2.17. The molecule has 124 valence electrons. The maximum Gasteiger partial charge on any atom is 0.418 e. The van der Waals surface area contributed by atoms with Crippen LogP contribution in [0.2, 0.25) is 0 Å². The Morgan fingerprint density at radius 1 is 1.17 bits per heavy atom. The van der Waals surface area contributed by atoms with E-state index < -0.39 is 17.6 Å². The number of rotatable bonds is 3. The fourth-order valence-electron chi connectivity index (χ4n) is 2.16. The summed E-state index contributed by atoms with van der Waals surface area (Å²) in [7, 11) is 0. The Labute approximate surface area is 134 Å². The summed E-state index contributed by atoms with van der Waals surface area (Å²) in [4.78, 5) is 16.1. The van der Waals surface area contributed by atoms with Crippen LogP contribution in [0.15, 0.2) is 51.6 Å². The molecule has 3 rings (SSSR count). The number of anilines is 1. The Hall–Kier alpha value is -3.03. The van der Waals surface area contributed by atoms with Gasteiger partial charge in [-0.05, 0) is 31.2 Å². The number of hydrogen-bond acceptors (Lipinski definition) is 4. The molecule has 1 N–H and O–H groups in total. The van der Waals surface area contributed by atoms with Crippen LogP contribution in [-0.4, -0.2) is 10.9 Å². The van der Waals surface area contributed by atoms with Gasteiger partial charge in [0.05, 0.1) is 11.3 Å². The second-order valence-electron chi connectivity index (χ2n) is 4.94. The number of alkyl halides is 3. The Balaban J connectivity index is 1.92. The minimum Gasteiger partial charge on any atom is -0.458 e. The average Bonchev–Trinajstić information content (AvgIpc) is 3.15. The highest BCUT2D eigenvalue weighted by atomic mass is 19.4. The van der Waals surface area contributed by atoms with Crippen molar-refractivity contribution in [2.75, 3.05) is 5.32 Å². The van der Waals surface area contributed by atoms with Crippen molar-refractivity contribution in [1.29, 1.82) is 0 Å². The van der Waals surface area contributed by atoms with E-state index in [0.29, 0.717) is 5.76 Å². The van der Waals surface area contributed by atoms with Crippen LogP contribution in [0.5, 0.6) is 0 Å². The Morgan fingerprint density at radius 3 is 2.58 bits per heavy atom. The molecular weight excluding hydrogens is 325 g/mol. The zero-order valence-corrected chi connectivity index (χ0v) is 12.3. The number of aryl methyl sites for hydroxylation is 1. The molecule has 0 unspecified atom stereocenters. The van der Waals surface area contributed by atoms with Crippen molar-refractivity contribution < 1.29 is 26.8 Å². The van der Waals surface area contributed by atoms with Crippen LogP contribution < -0.4 is 5.32 Å². The second kappa shape index (κ2) is 5.88. The van der Waals surface area contributed by atoms with Crippen molar-refractivity contribution in [2.45, 2.75) is 13.1 Å². The van der Waals surface area contributed by atoms with Crippen LogP contribution >= 0.6 is 0 Å². The van der Waals surface area contributed by atoms with E-state index in [4.69, 9.17) is 8.83 Å². The molecule has 0 saturated carbocycles. The monoisotopic (exact) mass is 336 g/mol. The first-order valence-electron chi connectivity index (χ1n) is 6.84. The molecule has 24 heavy (non-hydrogen) atoms. The van der Waals surface area contributed by atoms with Gasteiger partial charge < -0.3 is 14.2 Å². The van der Waals surface area contributed by atoms with Gasteiger partial charge in [-0.1, -0.05) is 12.1 Å². The predicted molar refractivity (Wildman–Crippen MR) is 78.3 cm³/mol. The molecule has 2 heterocycles. The van der Waals surface area contributed by atoms with Gasteiger partial charge in [0.2, 0.25) is 5.76 Å². The molecule has 1 amide bonds. The number of amides is 1. The van der Waals surface area contributed by atoms with Crippen molar-refractivity contribution in [3.8, 4) is 11.5 Å². The molecule has 0 aliphatic carbocycles. The van der Waals surface area contributed by atoms with Crippen LogP contribution in [0.1, 0.15) is 21.8 Å². The van der Waals surface area contributed by atoms with Gasteiger partial charge in [0.25, 0.3) is 5.91 Å². The van der Waals surface area contributed by atoms with Gasteiger partial charge in [-0.25, -0.2) is 4.98 Å². The van der Waals surface area contributed by atoms with Crippen LogP contribution in [0.4, 0.5) is 18.9 Å². The molecule has 0 atom stereocenters. The summed E-state index contributed by atoms with van der Waals surface area (Å²) in [5.41, 5.74) is -1.47. The minimum absolute atomic E-state index is 0.0464. The number of hydrogen-bond donors (Lipinski definition) is 1.